The lowest BCUT2D eigenvalue weighted by Crippen LogP contribution is -2.53. The van der Waals surface area contributed by atoms with Crippen LogP contribution in [0.2, 0.25) is 0 Å². The number of aromatic hydroxyl groups is 1. The fourth-order valence-electron chi connectivity index (χ4n) is 4.12. The molecule has 2 aliphatic heterocycles. The fraction of sp³-hybridized carbons (Fsp3) is 0.450. The van der Waals surface area contributed by atoms with E-state index in [0.717, 1.165) is 24.1 Å². The summed E-state index contributed by atoms with van der Waals surface area (Å²) >= 11 is 1.38. The molecule has 3 heterocycles. The molecule has 2 N–H and O–H groups in total. The topological polar surface area (TPSA) is 82.9 Å². The Labute approximate surface area is 168 Å². The zero-order valence-electron chi connectivity index (χ0n) is 16.1. The van der Waals surface area contributed by atoms with Gasteiger partial charge in [0.2, 0.25) is 0 Å². The first-order valence-corrected chi connectivity index (χ1v) is 10.3. The number of benzene rings is 1. The van der Waals surface area contributed by atoms with E-state index in [1.54, 1.807) is 12.3 Å². The van der Waals surface area contributed by atoms with Crippen LogP contribution in [0.25, 0.3) is 16.1 Å². The van der Waals surface area contributed by atoms with Crippen molar-refractivity contribution >= 4 is 23.6 Å². The molecule has 0 radical (unpaired) electrons. The standard InChI is InChI=1S/C20H25N5O2S/c1-12(10-22-21-2)13-5-7-16(17(26)8-13)19-23-24-20(28-19)27-18-9-15-6-4-14(18)11-25(15)3/h5,7-8,10,14-15,18,22,26H,2,4,6,9,11H2,1,3H3/b12-10+/t14?,15?,18-/m1/s1. The second-order valence-electron chi connectivity index (χ2n) is 7.54. The number of rotatable bonds is 6. The zero-order valence-corrected chi connectivity index (χ0v) is 16.9. The van der Waals surface area contributed by atoms with Gasteiger partial charge < -0.3 is 14.7 Å². The number of fused-ring (bicyclic) bond motifs is 3. The highest BCUT2D eigenvalue weighted by atomic mass is 32.1. The summed E-state index contributed by atoms with van der Waals surface area (Å²) in [6, 6.07) is 6.11. The minimum Gasteiger partial charge on any atom is -0.507 e. The van der Waals surface area contributed by atoms with Crippen molar-refractivity contribution in [3.8, 4) is 21.5 Å². The van der Waals surface area contributed by atoms with E-state index in [9.17, 15) is 5.11 Å². The van der Waals surface area contributed by atoms with E-state index >= 15 is 0 Å². The third kappa shape index (κ3) is 3.74. The van der Waals surface area contributed by atoms with Crippen LogP contribution in [0.15, 0.2) is 29.5 Å². The highest BCUT2D eigenvalue weighted by molar-refractivity contribution is 7.16. The molecule has 0 amide bonds. The van der Waals surface area contributed by atoms with Crippen LogP contribution in [0.5, 0.6) is 10.9 Å². The number of phenols is 1. The van der Waals surface area contributed by atoms with Gasteiger partial charge in [0, 0.05) is 37.8 Å². The summed E-state index contributed by atoms with van der Waals surface area (Å²) in [7, 11) is 2.20. The normalized spacial score (nSPS) is 24.9. The van der Waals surface area contributed by atoms with Gasteiger partial charge in [-0.1, -0.05) is 22.5 Å². The average molecular weight is 400 g/mol. The molecule has 7 nitrogen and oxygen atoms in total. The number of phenolic OH excluding ortho intramolecular Hbond substituents is 1. The summed E-state index contributed by atoms with van der Waals surface area (Å²) in [6.45, 7) is 6.39. The molecule has 2 saturated heterocycles. The van der Waals surface area contributed by atoms with Crippen molar-refractivity contribution in [1.29, 1.82) is 0 Å². The number of hydrogen-bond donors (Lipinski definition) is 2. The molecule has 3 atom stereocenters. The number of nitrogens with zero attached hydrogens (tertiary/aromatic N) is 4. The number of aromatic nitrogens is 2. The quantitative estimate of drug-likeness (QED) is 0.573. The van der Waals surface area contributed by atoms with Gasteiger partial charge in [-0.15, -0.1) is 5.10 Å². The third-order valence-electron chi connectivity index (χ3n) is 5.76. The predicted molar refractivity (Wildman–Crippen MR) is 112 cm³/mol. The van der Waals surface area contributed by atoms with Crippen molar-refractivity contribution in [3.05, 3.63) is 30.0 Å². The Morgan fingerprint density at radius 3 is 2.96 bits per heavy atom. The van der Waals surface area contributed by atoms with E-state index < -0.39 is 0 Å². The van der Waals surface area contributed by atoms with Gasteiger partial charge in [0.1, 0.15) is 11.9 Å². The van der Waals surface area contributed by atoms with E-state index in [-0.39, 0.29) is 11.9 Å². The lowest BCUT2D eigenvalue weighted by atomic mass is 9.78. The van der Waals surface area contributed by atoms with Crippen molar-refractivity contribution < 1.29 is 9.84 Å². The smallest absolute Gasteiger partial charge is 0.294 e. The SMILES string of the molecule is C=NN/C=C(\C)c1ccc(-c2nnc(O[C@@H]3CC4CCC3CN4C)s2)c(O)c1. The van der Waals surface area contributed by atoms with E-state index in [2.05, 4.69) is 39.4 Å². The maximum Gasteiger partial charge on any atom is 0.294 e. The van der Waals surface area contributed by atoms with Gasteiger partial charge >= 0.3 is 0 Å². The molecule has 3 fully saturated rings. The average Bonchev–Trinajstić information content (AvgIpc) is 3.15. The summed E-state index contributed by atoms with van der Waals surface area (Å²) in [6.07, 6.45) is 5.47. The first kappa shape index (κ1) is 18.9. The van der Waals surface area contributed by atoms with Crippen LogP contribution in [0.1, 0.15) is 31.7 Å². The highest BCUT2D eigenvalue weighted by Crippen LogP contribution is 2.39. The van der Waals surface area contributed by atoms with Crippen molar-refractivity contribution in [2.45, 2.75) is 38.3 Å². The Bertz CT molecular complexity index is 896. The minimum atomic E-state index is 0.165. The molecule has 148 valence electrons. The molecular weight excluding hydrogens is 374 g/mol. The predicted octanol–water partition coefficient (Wildman–Crippen LogP) is 3.34. The maximum atomic E-state index is 10.5. The molecule has 5 rings (SSSR count). The van der Waals surface area contributed by atoms with Crippen molar-refractivity contribution in [3.63, 3.8) is 0 Å². The van der Waals surface area contributed by atoms with Crippen LogP contribution in [0.3, 0.4) is 0 Å². The number of piperidine rings is 2. The van der Waals surface area contributed by atoms with Crippen LogP contribution < -0.4 is 10.2 Å². The van der Waals surface area contributed by atoms with Crippen LogP contribution in [0.4, 0.5) is 0 Å². The lowest BCUT2D eigenvalue weighted by Gasteiger charge is -2.47. The Hall–Kier alpha value is -2.45. The molecular formula is C20H25N5O2S. The molecule has 2 unspecified atom stereocenters. The van der Waals surface area contributed by atoms with Crippen LogP contribution in [0, 0.1) is 5.92 Å². The second-order valence-corrected chi connectivity index (χ2v) is 8.48. The van der Waals surface area contributed by atoms with Crippen molar-refractivity contribution in [1.82, 2.24) is 20.5 Å². The molecule has 1 aromatic carbocycles. The van der Waals surface area contributed by atoms with Crippen LogP contribution >= 0.6 is 11.3 Å². The number of ether oxygens (including phenoxy) is 1. The van der Waals surface area contributed by atoms with Gasteiger partial charge in [-0.25, -0.2) is 0 Å². The second kappa shape index (κ2) is 7.89. The van der Waals surface area contributed by atoms with Crippen molar-refractivity contribution in [2.24, 2.45) is 11.0 Å². The summed E-state index contributed by atoms with van der Waals surface area (Å²) in [4.78, 5) is 2.44. The first-order chi connectivity index (χ1) is 13.5. The Kier molecular flexibility index (Phi) is 5.32. The molecule has 28 heavy (non-hydrogen) atoms. The minimum absolute atomic E-state index is 0.165. The van der Waals surface area contributed by atoms with Gasteiger partial charge in [0.05, 0.1) is 5.56 Å². The summed E-state index contributed by atoms with van der Waals surface area (Å²) in [5.74, 6) is 0.723. The Balaban J connectivity index is 1.48. The summed E-state index contributed by atoms with van der Waals surface area (Å²) in [5.41, 5.74) is 5.18. The number of allylic oxidation sites excluding steroid dienone is 1. The molecule has 3 aliphatic rings. The van der Waals surface area contributed by atoms with E-state index in [0.29, 0.717) is 27.7 Å². The first-order valence-electron chi connectivity index (χ1n) is 9.47. The van der Waals surface area contributed by atoms with Crippen LogP contribution in [-0.4, -0.2) is 52.7 Å². The maximum absolute atomic E-state index is 10.5. The number of hydrazone groups is 1. The van der Waals surface area contributed by atoms with Gasteiger partial charge in [-0.2, -0.15) is 5.10 Å². The largest absolute Gasteiger partial charge is 0.507 e. The van der Waals surface area contributed by atoms with Crippen molar-refractivity contribution in [2.75, 3.05) is 13.6 Å². The molecule has 0 spiro atoms. The van der Waals surface area contributed by atoms with E-state index in [4.69, 9.17) is 4.74 Å². The zero-order chi connectivity index (χ0) is 19.7. The number of nitrogens with one attached hydrogen (secondary N) is 1. The Morgan fingerprint density at radius 2 is 2.29 bits per heavy atom. The highest BCUT2D eigenvalue weighted by Gasteiger charge is 2.40. The lowest BCUT2D eigenvalue weighted by molar-refractivity contribution is -0.0249. The fourth-order valence-corrected chi connectivity index (χ4v) is 4.91. The molecule has 1 aliphatic carbocycles. The summed E-state index contributed by atoms with van der Waals surface area (Å²) in [5, 5.41) is 23.7. The van der Waals surface area contributed by atoms with Crippen LogP contribution in [-0.2, 0) is 0 Å². The molecule has 1 aromatic heterocycles. The number of hydrogen-bond acceptors (Lipinski definition) is 8. The molecule has 8 heteroatoms. The third-order valence-corrected chi connectivity index (χ3v) is 6.61. The Morgan fingerprint density at radius 1 is 1.43 bits per heavy atom. The monoisotopic (exact) mass is 399 g/mol. The molecule has 1 saturated carbocycles. The van der Waals surface area contributed by atoms with E-state index in [1.165, 1.54) is 24.2 Å². The molecule has 2 bridgehead atoms. The van der Waals surface area contributed by atoms with Gasteiger partial charge in [-0.05, 0) is 50.1 Å². The van der Waals surface area contributed by atoms with Gasteiger partial charge in [0.25, 0.3) is 5.19 Å². The summed E-state index contributed by atoms with van der Waals surface area (Å²) < 4.78 is 6.19. The molecule has 2 aromatic rings. The van der Waals surface area contributed by atoms with Gasteiger partial charge in [0.15, 0.2) is 5.01 Å². The van der Waals surface area contributed by atoms with Gasteiger partial charge in [-0.3, -0.25) is 5.43 Å². The van der Waals surface area contributed by atoms with E-state index in [1.807, 2.05) is 19.1 Å².